The monoisotopic (exact) mass is 426 g/mol. The number of hydrogen-bond donors (Lipinski definition) is 0. The summed E-state index contributed by atoms with van der Waals surface area (Å²) in [7, 11) is 7.61. The van der Waals surface area contributed by atoms with E-state index >= 15 is 0 Å². The topological polar surface area (TPSA) is 35.8 Å². The highest BCUT2D eigenvalue weighted by molar-refractivity contribution is 6.31. The number of hydrogen-bond acceptors (Lipinski definition) is 3. The van der Waals surface area contributed by atoms with Gasteiger partial charge in [-0.25, -0.2) is 0 Å². The minimum absolute atomic E-state index is 0.0503. The standard InChI is InChI=1S/C27H28N3O2/c1-19-25(27(31)30(29(19)4)23-11-7-6-8-12-23)26(21-10-9-13-24(18-21)32-5)20-14-16-22(17-15-20)28(2)3/h6-18H,1-5H3/q+1. The molecule has 32 heavy (non-hydrogen) atoms. The first-order valence-electron chi connectivity index (χ1n) is 10.6. The van der Waals surface area contributed by atoms with Crippen molar-refractivity contribution in [1.82, 2.24) is 0 Å². The lowest BCUT2D eigenvalue weighted by Gasteiger charge is -2.16. The number of hydrazine groups is 1. The number of benzene rings is 3. The zero-order chi connectivity index (χ0) is 22.8. The zero-order valence-corrected chi connectivity index (χ0v) is 19.2. The summed E-state index contributed by atoms with van der Waals surface area (Å²) in [5, 5.41) is 1.72. The lowest BCUT2D eigenvalue weighted by Crippen LogP contribution is -2.33. The smallest absolute Gasteiger partial charge is 0.320 e. The summed E-state index contributed by atoms with van der Waals surface area (Å²) in [4.78, 5) is 15.9. The zero-order valence-electron chi connectivity index (χ0n) is 19.2. The van der Waals surface area contributed by atoms with Gasteiger partial charge in [-0.2, -0.15) is 0 Å². The summed E-state index contributed by atoms with van der Waals surface area (Å²) in [5.74, 6) is 0.701. The van der Waals surface area contributed by atoms with Crippen molar-refractivity contribution < 1.29 is 14.2 Å². The Hall–Kier alpha value is -3.86. The van der Waals surface area contributed by atoms with Gasteiger partial charge in [-0.1, -0.05) is 47.5 Å². The van der Waals surface area contributed by atoms with Crippen LogP contribution in [-0.2, 0) is 4.79 Å². The Morgan fingerprint density at radius 1 is 0.906 bits per heavy atom. The lowest BCUT2D eigenvalue weighted by atomic mass is 9.90. The van der Waals surface area contributed by atoms with Crippen molar-refractivity contribution >= 4 is 28.6 Å². The summed E-state index contributed by atoms with van der Waals surface area (Å²) in [6.45, 7) is 1.99. The normalized spacial score (nSPS) is 15.3. The van der Waals surface area contributed by atoms with Gasteiger partial charge in [0.15, 0.2) is 7.05 Å². The van der Waals surface area contributed by atoms with Gasteiger partial charge in [-0.05, 0) is 47.5 Å². The largest absolute Gasteiger partial charge is 0.497 e. The van der Waals surface area contributed by atoms with Gasteiger partial charge in [0.05, 0.1) is 7.11 Å². The fourth-order valence-corrected chi connectivity index (χ4v) is 4.02. The molecular weight excluding hydrogens is 398 g/mol. The molecule has 5 nitrogen and oxygen atoms in total. The molecule has 162 valence electrons. The highest BCUT2D eigenvalue weighted by atomic mass is 16.5. The maximum atomic E-state index is 13.8. The summed E-state index contributed by atoms with van der Waals surface area (Å²) in [6.07, 6.45) is 0. The van der Waals surface area contributed by atoms with Gasteiger partial charge in [-0.3, -0.25) is 4.79 Å². The second kappa shape index (κ2) is 8.71. The van der Waals surface area contributed by atoms with E-state index in [1.807, 2.05) is 87.3 Å². The van der Waals surface area contributed by atoms with E-state index in [0.717, 1.165) is 39.5 Å². The molecule has 0 unspecified atom stereocenters. The van der Waals surface area contributed by atoms with Crippen molar-refractivity contribution in [2.45, 2.75) is 6.92 Å². The Morgan fingerprint density at radius 2 is 1.59 bits per heavy atom. The summed E-state index contributed by atoms with van der Waals surface area (Å²) >= 11 is 0. The van der Waals surface area contributed by atoms with E-state index in [1.165, 1.54) is 0 Å². The number of anilines is 2. The molecule has 3 aromatic carbocycles. The van der Waals surface area contributed by atoms with Crippen molar-refractivity contribution in [1.29, 1.82) is 0 Å². The number of hydrazone groups is 1. The molecule has 0 spiro atoms. The van der Waals surface area contributed by atoms with Crippen LogP contribution in [0.25, 0.3) is 5.57 Å². The minimum atomic E-state index is -0.0503. The quantitative estimate of drug-likeness (QED) is 0.441. The molecule has 0 atom stereocenters. The van der Waals surface area contributed by atoms with Gasteiger partial charge in [-0.15, -0.1) is 4.68 Å². The molecule has 1 amide bonds. The molecule has 0 saturated carbocycles. The van der Waals surface area contributed by atoms with Crippen molar-refractivity contribution in [3.63, 3.8) is 0 Å². The Bertz CT molecular complexity index is 1210. The van der Waals surface area contributed by atoms with Crippen LogP contribution in [0, 0.1) is 0 Å². The van der Waals surface area contributed by atoms with Gasteiger partial charge in [0.1, 0.15) is 17.0 Å². The number of carbonyl (C=O) groups excluding carboxylic acids is 1. The van der Waals surface area contributed by atoms with Crippen LogP contribution in [0.15, 0.2) is 84.4 Å². The highest BCUT2D eigenvalue weighted by Gasteiger charge is 2.42. The second-order valence-electron chi connectivity index (χ2n) is 7.98. The van der Waals surface area contributed by atoms with Gasteiger partial charge in [0.2, 0.25) is 5.71 Å². The van der Waals surface area contributed by atoms with Crippen LogP contribution in [0.2, 0.25) is 0 Å². The predicted octanol–water partition coefficient (Wildman–Crippen LogP) is 4.63. The third kappa shape index (κ3) is 3.78. The third-order valence-corrected chi connectivity index (χ3v) is 5.84. The van der Waals surface area contributed by atoms with Gasteiger partial charge in [0.25, 0.3) is 0 Å². The number of amides is 1. The van der Waals surface area contributed by atoms with Crippen molar-refractivity contribution in [2.75, 3.05) is 38.2 Å². The van der Waals surface area contributed by atoms with E-state index in [-0.39, 0.29) is 5.91 Å². The average Bonchev–Trinajstić information content (AvgIpc) is 3.03. The molecule has 4 rings (SSSR count). The molecule has 0 bridgehead atoms. The molecule has 0 aromatic heterocycles. The molecular formula is C27H28N3O2+. The van der Waals surface area contributed by atoms with Crippen molar-refractivity contribution in [3.8, 4) is 5.75 Å². The number of nitrogens with zero attached hydrogens (tertiary/aromatic N) is 3. The van der Waals surface area contributed by atoms with E-state index in [9.17, 15) is 4.79 Å². The minimum Gasteiger partial charge on any atom is -0.497 e. The highest BCUT2D eigenvalue weighted by Crippen LogP contribution is 2.34. The van der Waals surface area contributed by atoms with E-state index in [0.29, 0.717) is 5.57 Å². The molecule has 0 fully saturated rings. The molecule has 0 saturated heterocycles. The summed E-state index contributed by atoms with van der Waals surface area (Å²) < 4.78 is 7.40. The Labute approximate surface area is 189 Å². The first-order valence-corrected chi connectivity index (χ1v) is 10.6. The molecule has 5 heteroatoms. The van der Waals surface area contributed by atoms with Crippen molar-refractivity contribution in [2.24, 2.45) is 0 Å². The van der Waals surface area contributed by atoms with Crippen molar-refractivity contribution in [3.05, 3.63) is 95.6 Å². The van der Waals surface area contributed by atoms with Gasteiger partial charge >= 0.3 is 5.91 Å². The summed E-state index contributed by atoms with van der Waals surface area (Å²) in [5.41, 5.74) is 6.33. The fourth-order valence-electron chi connectivity index (χ4n) is 4.02. The first-order chi connectivity index (χ1) is 15.4. The van der Waals surface area contributed by atoms with Crippen LogP contribution >= 0.6 is 0 Å². The van der Waals surface area contributed by atoms with Crippen LogP contribution in [0.1, 0.15) is 18.1 Å². The maximum absolute atomic E-state index is 13.8. The van der Waals surface area contributed by atoms with Crippen LogP contribution in [-0.4, -0.2) is 44.6 Å². The number of para-hydroxylation sites is 1. The second-order valence-corrected chi connectivity index (χ2v) is 7.98. The number of methoxy groups -OCH3 is 1. The van der Waals surface area contributed by atoms with E-state index in [1.54, 1.807) is 12.1 Å². The fraction of sp³-hybridized carbons (Fsp3) is 0.185. The maximum Gasteiger partial charge on any atom is 0.320 e. The molecule has 0 radical (unpaired) electrons. The van der Waals surface area contributed by atoms with Crippen LogP contribution in [0.5, 0.6) is 5.75 Å². The molecule has 1 aliphatic heterocycles. The number of ether oxygens (including phenoxy) is 1. The van der Waals surface area contributed by atoms with Gasteiger partial charge in [0, 0.05) is 32.3 Å². The number of rotatable bonds is 5. The first kappa shape index (κ1) is 21.4. The van der Waals surface area contributed by atoms with Crippen LogP contribution < -0.4 is 14.6 Å². The van der Waals surface area contributed by atoms with Crippen LogP contribution in [0.4, 0.5) is 11.4 Å². The van der Waals surface area contributed by atoms with Crippen LogP contribution in [0.3, 0.4) is 0 Å². The van der Waals surface area contributed by atoms with E-state index in [2.05, 4.69) is 29.2 Å². The van der Waals surface area contributed by atoms with Gasteiger partial charge < -0.3 is 9.64 Å². The predicted molar refractivity (Wildman–Crippen MR) is 131 cm³/mol. The average molecular weight is 427 g/mol. The van der Waals surface area contributed by atoms with E-state index < -0.39 is 0 Å². The Balaban J connectivity index is 1.95. The molecule has 0 aliphatic carbocycles. The SMILES string of the molecule is COc1cccc(C(=C2C(=O)N(c3ccccc3)[N+](C)=C2C)c2ccc(N(C)C)cc2)c1. The molecule has 1 aliphatic rings. The Kier molecular flexibility index (Phi) is 5.82. The molecule has 1 heterocycles. The molecule has 3 aromatic rings. The Morgan fingerprint density at radius 3 is 2.22 bits per heavy atom. The number of carbonyl (C=O) groups is 1. The third-order valence-electron chi connectivity index (χ3n) is 5.84. The molecule has 0 N–H and O–H groups in total. The summed E-state index contributed by atoms with van der Waals surface area (Å²) in [6, 6.07) is 25.9. The lowest BCUT2D eigenvalue weighted by molar-refractivity contribution is -0.495. The van der Waals surface area contributed by atoms with E-state index in [4.69, 9.17) is 4.74 Å².